The third-order valence-corrected chi connectivity index (χ3v) is 8.20. The molecule has 0 atom stereocenters. The van der Waals surface area contributed by atoms with Gasteiger partial charge < -0.3 is 9.47 Å². The predicted octanol–water partition coefficient (Wildman–Crippen LogP) is 11.0. The summed E-state index contributed by atoms with van der Waals surface area (Å²) in [4.78, 5) is 0. The summed E-state index contributed by atoms with van der Waals surface area (Å²) in [6, 6.07) is 32.8. The van der Waals surface area contributed by atoms with Crippen LogP contribution in [0.1, 0.15) is 90.1 Å². The molecule has 0 unspecified atom stereocenters. The first-order valence-electron chi connectivity index (χ1n) is 15.2. The van der Waals surface area contributed by atoms with Gasteiger partial charge in [-0.3, -0.25) is 0 Å². The van der Waals surface area contributed by atoms with Crippen molar-refractivity contribution in [1.29, 1.82) is 0 Å². The van der Waals surface area contributed by atoms with Gasteiger partial charge in [0.15, 0.2) is 0 Å². The second kappa shape index (κ2) is 11.1. The van der Waals surface area contributed by atoms with E-state index in [1.165, 1.54) is 16.7 Å². The molecule has 0 radical (unpaired) electrons. The predicted molar refractivity (Wildman–Crippen MR) is 179 cm³/mol. The Hall–Kier alpha value is -3.78. The first-order chi connectivity index (χ1) is 19.7. The van der Waals surface area contributed by atoms with Crippen LogP contribution in [0.15, 0.2) is 91.0 Å². The molecule has 0 aliphatic rings. The minimum atomic E-state index is 0.00964. The van der Waals surface area contributed by atoms with Gasteiger partial charge in [-0.2, -0.15) is 0 Å². The topological polar surface area (TPSA) is 18.5 Å². The van der Waals surface area contributed by atoms with Crippen LogP contribution in [0.4, 0.5) is 0 Å². The molecule has 0 fully saturated rings. The maximum atomic E-state index is 6.72. The normalized spacial score (nSPS) is 12.6. The summed E-state index contributed by atoms with van der Waals surface area (Å²) in [6.07, 6.45) is 0. The summed E-state index contributed by atoms with van der Waals surface area (Å²) >= 11 is 0. The van der Waals surface area contributed by atoms with Crippen molar-refractivity contribution < 1.29 is 9.47 Å². The Balaban J connectivity index is 1.57. The van der Waals surface area contributed by atoms with Crippen molar-refractivity contribution in [3.05, 3.63) is 119 Å². The molecular formula is C40H46O2. The molecule has 0 aliphatic heterocycles. The highest BCUT2D eigenvalue weighted by molar-refractivity contribution is 6.11. The van der Waals surface area contributed by atoms with Gasteiger partial charge in [0.25, 0.3) is 0 Å². The highest BCUT2D eigenvalue weighted by Gasteiger charge is 2.21. The highest BCUT2D eigenvalue weighted by atomic mass is 16.5. The molecule has 0 aromatic heterocycles. The van der Waals surface area contributed by atoms with Crippen molar-refractivity contribution in [3.8, 4) is 11.5 Å². The molecule has 0 N–H and O–H groups in total. The average molecular weight is 559 g/mol. The largest absolute Gasteiger partial charge is 0.488 e. The fraction of sp³-hybridized carbons (Fsp3) is 0.350. The quantitative estimate of drug-likeness (QED) is 0.193. The number of rotatable bonds is 6. The van der Waals surface area contributed by atoms with E-state index < -0.39 is 0 Å². The van der Waals surface area contributed by atoms with E-state index in [0.717, 1.165) is 44.2 Å². The number of hydrogen-bond donors (Lipinski definition) is 0. The van der Waals surface area contributed by atoms with Crippen molar-refractivity contribution in [1.82, 2.24) is 0 Å². The lowest BCUT2D eigenvalue weighted by molar-refractivity contribution is 0.308. The standard InChI is InChI=1S/C40H46O2/c1-38(2,3)29-18-14-27(15-19-29)25-41-36-32-12-10-11-13-33(32)37(35-24-31(40(7,8)9)22-23-34(35)36)42-26-28-16-20-30(21-17-28)39(4,5)6/h10-24H,25-26H2,1-9H3. The zero-order valence-electron chi connectivity index (χ0n) is 26.9. The average Bonchev–Trinajstić information content (AvgIpc) is 2.93. The van der Waals surface area contributed by atoms with Crippen molar-refractivity contribution in [2.75, 3.05) is 0 Å². The Morgan fingerprint density at radius 2 is 0.762 bits per heavy atom. The zero-order chi connectivity index (χ0) is 30.3. The lowest BCUT2D eigenvalue weighted by Gasteiger charge is -2.23. The van der Waals surface area contributed by atoms with Crippen LogP contribution in [-0.2, 0) is 29.5 Å². The van der Waals surface area contributed by atoms with Gasteiger partial charge in [-0.15, -0.1) is 0 Å². The Labute approximate surface area is 252 Å². The minimum absolute atomic E-state index is 0.00964. The van der Waals surface area contributed by atoms with Crippen LogP contribution in [0.3, 0.4) is 0 Å². The molecule has 0 spiro atoms. The Bertz CT molecular complexity index is 1690. The SMILES string of the molecule is CC(C)(C)c1ccc(COc2c3ccccc3c(OCc3ccc(C(C)(C)C)cc3)c3cc(C(C)(C)C)ccc23)cc1. The van der Waals surface area contributed by atoms with Crippen molar-refractivity contribution >= 4 is 21.5 Å². The number of ether oxygens (including phenoxy) is 2. The second-order valence-electron chi connectivity index (χ2n) is 14.7. The summed E-state index contributed by atoms with van der Waals surface area (Å²) in [5, 5.41) is 4.30. The van der Waals surface area contributed by atoms with Crippen molar-refractivity contribution in [3.63, 3.8) is 0 Å². The lowest BCUT2D eigenvalue weighted by Crippen LogP contribution is -2.11. The van der Waals surface area contributed by atoms with Crippen LogP contribution in [0.5, 0.6) is 11.5 Å². The zero-order valence-corrected chi connectivity index (χ0v) is 26.9. The smallest absolute Gasteiger partial charge is 0.135 e. The molecule has 42 heavy (non-hydrogen) atoms. The van der Waals surface area contributed by atoms with E-state index >= 15 is 0 Å². The van der Waals surface area contributed by atoms with Gasteiger partial charge in [-0.05, 0) is 50.1 Å². The summed E-state index contributed by atoms with van der Waals surface area (Å²) in [7, 11) is 0. The summed E-state index contributed by atoms with van der Waals surface area (Å²) in [6.45, 7) is 21.2. The first-order valence-corrected chi connectivity index (χ1v) is 15.2. The van der Waals surface area contributed by atoms with E-state index in [9.17, 15) is 0 Å². The molecule has 0 amide bonds. The van der Waals surface area contributed by atoms with Crippen LogP contribution >= 0.6 is 0 Å². The van der Waals surface area contributed by atoms with Crippen LogP contribution in [-0.4, -0.2) is 0 Å². The highest BCUT2D eigenvalue weighted by Crippen LogP contribution is 2.44. The van der Waals surface area contributed by atoms with Crippen LogP contribution < -0.4 is 9.47 Å². The monoisotopic (exact) mass is 558 g/mol. The third kappa shape index (κ3) is 6.33. The minimum Gasteiger partial charge on any atom is -0.488 e. The van der Waals surface area contributed by atoms with E-state index in [-0.39, 0.29) is 16.2 Å². The van der Waals surface area contributed by atoms with E-state index in [2.05, 4.69) is 153 Å². The van der Waals surface area contributed by atoms with Gasteiger partial charge in [0, 0.05) is 21.5 Å². The molecular weight excluding hydrogens is 512 g/mol. The van der Waals surface area contributed by atoms with Gasteiger partial charge in [0.05, 0.1) is 0 Å². The van der Waals surface area contributed by atoms with Gasteiger partial charge in [-0.25, -0.2) is 0 Å². The third-order valence-electron chi connectivity index (χ3n) is 8.20. The lowest BCUT2D eigenvalue weighted by atomic mass is 9.85. The summed E-state index contributed by atoms with van der Waals surface area (Å²) in [5.41, 5.74) is 6.50. The molecule has 5 aromatic carbocycles. The first kappa shape index (κ1) is 29.7. The molecule has 5 rings (SSSR count). The van der Waals surface area contributed by atoms with E-state index in [1.807, 2.05) is 0 Å². The molecule has 0 saturated carbocycles. The number of fused-ring (bicyclic) bond motifs is 2. The molecule has 0 saturated heterocycles. The van der Waals surface area contributed by atoms with Crippen LogP contribution in [0, 0.1) is 0 Å². The summed E-state index contributed by atoms with van der Waals surface area (Å²) in [5.74, 6) is 1.82. The van der Waals surface area contributed by atoms with Crippen molar-refractivity contribution in [2.24, 2.45) is 0 Å². The maximum absolute atomic E-state index is 6.72. The molecule has 2 heteroatoms. The van der Waals surface area contributed by atoms with Gasteiger partial charge in [0.2, 0.25) is 0 Å². The van der Waals surface area contributed by atoms with Gasteiger partial charge >= 0.3 is 0 Å². The molecule has 0 bridgehead atoms. The van der Waals surface area contributed by atoms with Gasteiger partial charge in [-0.1, -0.05) is 147 Å². The Kier molecular flexibility index (Phi) is 7.88. The summed E-state index contributed by atoms with van der Waals surface area (Å²) < 4.78 is 13.4. The van der Waals surface area contributed by atoms with Crippen LogP contribution in [0.2, 0.25) is 0 Å². The molecule has 5 aromatic rings. The molecule has 218 valence electrons. The van der Waals surface area contributed by atoms with E-state index in [4.69, 9.17) is 9.47 Å². The molecule has 0 heterocycles. The fourth-order valence-corrected chi connectivity index (χ4v) is 5.39. The van der Waals surface area contributed by atoms with E-state index in [0.29, 0.717) is 13.2 Å². The maximum Gasteiger partial charge on any atom is 0.135 e. The number of benzene rings is 5. The van der Waals surface area contributed by atoms with Gasteiger partial charge in [0.1, 0.15) is 24.7 Å². The Morgan fingerprint density at radius 1 is 0.405 bits per heavy atom. The van der Waals surface area contributed by atoms with E-state index in [1.54, 1.807) is 0 Å². The van der Waals surface area contributed by atoms with Crippen molar-refractivity contribution in [2.45, 2.75) is 91.8 Å². The fourth-order valence-electron chi connectivity index (χ4n) is 5.39. The Morgan fingerprint density at radius 3 is 1.17 bits per heavy atom. The number of hydrogen-bond acceptors (Lipinski definition) is 2. The molecule has 2 nitrogen and oxygen atoms in total. The second-order valence-corrected chi connectivity index (χ2v) is 14.7. The molecule has 0 aliphatic carbocycles. The van der Waals surface area contributed by atoms with Crippen LogP contribution in [0.25, 0.3) is 21.5 Å².